The molecule has 0 spiro atoms. The fraction of sp³-hybridized carbons (Fsp3) is 0.875. The summed E-state index contributed by atoms with van der Waals surface area (Å²) >= 11 is 3.68. The van der Waals surface area contributed by atoms with E-state index in [0.29, 0.717) is 0 Å². The van der Waals surface area contributed by atoms with E-state index in [1.54, 1.807) is 11.8 Å². The Morgan fingerprint density at radius 1 is 0.559 bits per heavy atom. The van der Waals surface area contributed by atoms with Crippen LogP contribution in [0, 0.1) is 11.3 Å². The molecule has 34 heavy (non-hydrogen) atoms. The Labute approximate surface area is 225 Å². The Morgan fingerprint density at radius 2 is 1.00 bits per heavy atom. The average Bonchev–Trinajstić information content (AvgIpc) is 2.84. The fourth-order valence-corrected chi connectivity index (χ4v) is 5.39. The smallest absolute Gasteiger partial charge is 0.0162 e. The lowest BCUT2D eigenvalue weighted by atomic mass is 10.00. The fourth-order valence-electron chi connectivity index (χ4n) is 4.62. The van der Waals surface area contributed by atoms with Gasteiger partial charge in [-0.05, 0) is 62.7 Å². The molecule has 0 rings (SSSR count). The maximum absolute atomic E-state index is 3.21. The van der Waals surface area contributed by atoms with Gasteiger partial charge in [-0.2, -0.15) is 11.8 Å². The monoisotopic (exact) mass is 509 g/mol. The van der Waals surface area contributed by atoms with E-state index in [9.17, 15) is 0 Å². The zero-order valence-corrected chi connectivity index (χ0v) is 25.2. The van der Waals surface area contributed by atoms with Gasteiger partial charge in [-0.3, -0.25) is 0 Å². The van der Waals surface area contributed by atoms with Gasteiger partial charge in [0.15, 0.2) is 0 Å². The van der Waals surface area contributed by atoms with Crippen LogP contribution >= 0.6 is 23.5 Å². The van der Waals surface area contributed by atoms with Gasteiger partial charge < -0.3 is 0 Å². The van der Waals surface area contributed by atoms with Gasteiger partial charge in [0.2, 0.25) is 0 Å². The molecule has 0 aliphatic heterocycles. The molecule has 0 aromatic rings. The highest BCUT2D eigenvalue weighted by Crippen LogP contribution is 2.16. The third-order valence-corrected chi connectivity index (χ3v) is 7.99. The maximum atomic E-state index is 3.21. The van der Waals surface area contributed by atoms with Crippen molar-refractivity contribution in [3.05, 3.63) is 23.6 Å². The molecule has 1 atom stereocenters. The summed E-state index contributed by atoms with van der Waals surface area (Å²) in [5.74, 6) is 2.13. The summed E-state index contributed by atoms with van der Waals surface area (Å²) < 4.78 is 0. The highest BCUT2D eigenvalue weighted by atomic mass is 32.2. The van der Waals surface area contributed by atoms with Crippen molar-refractivity contribution < 1.29 is 0 Å². The summed E-state index contributed by atoms with van der Waals surface area (Å²) in [7, 11) is 0. The van der Waals surface area contributed by atoms with Gasteiger partial charge in [0, 0.05) is 5.41 Å². The van der Waals surface area contributed by atoms with E-state index >= 15 is 0 Å². The molecule has 0 N–H and O–H groups in total. The maximum Gasteiger partial charge on any atom is 0.0162 e. The Morgan fingerprint density at radius 3 is 1.50 bits per heavy atom. The first-order chi connectivity index (χ1) is 16.8. The van der Waals surface area contributed by atoms with Crippen LogP contribution in [0.5, 0.6) is 0 Å². The van der Waals surface area contributed by atoms with Crippen LogP contribution in [0.15, 0.2) is 18.2 Å². The predicted molar refractivity (Wildman–Crippen MR) is 164 cm³/mol. The molecule has 0 amide bonds. The first-order valence-electron chi connectivity index (χ1n) is 15.1. The SMILES string of the molecule is CS/[C]=C/CCCCCCCCCCCC(C)C=CCCCCCCCCCCCCCSC. The summed E-state index contributed by atoms with van der Waals surface area (Å²) in [6.07, 6.45) is 44.1. The van der Waals surface area contributed by atoms with E-state index in [-0.39, 0.29) is 0 Å². The zero-order valence-electron chi connectivity index (χ0n) is 23.6. The zero-order chi connectivity index (χ0) is 24.8. The van der Waals surface area contributed by atoms with E-state index in [0.717, 1.165) is 5.92 Å². The molecule has 2 heteroatoms. The lowest BCUT2D eigenvalue weighted by Crippen LogP contribution is -1.90. The second kappa shape index (κ2) is 31.2. The van der Waals surface area contributed by atoms with Crippen molar-refractivity contribution in [3.8, 4) is 0 Å². The van der Waals surface area contributed by atoms with Crippen LogP contribution in [-0.4, -0.2) is 18.3 Å². The molecule has 0 saturated heterocycles. The summed E-state index contributed by atoms with van der Waals surface area (Å²) in [5.41, 5.74) is 0. The van der Waals surface area contributed by atoms with Crippen LogP contribution in [0.3, 0.4) is 0 Å². The van der Waals surface area contributed by atoms with Gasteiger partial charge in [-0.1, -0.05) is 134 Å². The first-order valence-corrected chi connectivity index (χ1v) is 17.7. The molecule has 1 unspecified atom stereocenters. The molecule has 1 radical (unpaired) electrons. The number of allylic oxidation sites excluding steroid dienone is 3. The van der Waals surface area contributed by atoms with E-state index in [1.165, 1.54) is 153 Å². The molecule has 0 heterocycles. The van der Waals surface area contributed by atoms with E-state index < -0.39 is 0 Å². The Hall–Kier alpha value is 0.180. The number of thioether (sulfide) groups is 2. The highest BCUT2D eigenvalue weighted by Gasteiger charge is 1.98. The van der Waals surface area contributed by atoms with Crippen molar-refractivity contribution >= 4 is 23.5 Å². The summed E-state index contributed by atoms with van der Waals surface area (Å²) in [4.78, 5) is 0. The van der Waals surface area contributed by atoms with Crippen molar-refractivity contribution in [1.82, 2.24) is 0 Å². The summed E-state index contributed by atoms with van der Waals surface area (Å²) in [5, 5.41) is 3.21. The minimum absolute atomic E-state index is 0.776. The number of hydrogen-bond acceptors (Lipinski definition) is 2. The quantitative estimate of drug-likeness (QED) is 0.0759. The number of hydrogen-bond donors (Lipinski definition) is 0. The second-order valence-corrected chi connectivity index (χ2v) is 12.0. The normalized spacial score (nSPS) is 12.9. The molecular formula is C32H61S2. The van der Waals surface area contributed by atoms with Crippen LogP contribution in [0.4, 0.5) is 0 Å². The van der Waals surface area contributed by atoms with Crippen molar-refractivity contribution in [2.75, 3.05) is 18.3 Å². The van der Waals surface area contributed by atoms with Gasteiger partial charge in [0.05, 0.1) is 0 Å². The third kappa shape index (κ3) is 30.2. The van der Waals surface area contributed by atoms with E-state index in [4.69, 9.17) is 0 Å². The van der Waals surface area contributed by atoms with Crippen molar-refractivity contribution in [2.45, 2.75) is 155 Å². The van der Waals surface area contributed by atoms with Crippen LogP contribution in [0.25, 0.3) is 0 Å². The molecule has 0 saturated carbocycles. The molecule has 0 aromatic heterocycles. The molecule has 0 nitrogen and oxygen atoms in total. The van der Waals surface area contributed by atoms with E-state index in [2.05, 4.69) is 43.1 Å². The Bertz CT molecular complexity index is 415. The average molecular weight is 510 g/mol. The molecule has 0 fully saturated rings. The van der Waals surface area contributed by atoms with Gasteiger partial charge >= 0.3 is 0 Å². The van der Waals surface area contributed by atoms with Crippen LogP contribution < -0.4 is 0 Å². The topological polar surface area (TPSA) is 0 Å². The van der Waals surface area contributed by atoms with Crippen LogP contribution in [0.2, 0.25) is 0 Å². The number of rotatable bonds is 28. The Balaban J connectivity index is 3.23. The predicted octanol–water partition coefficient (Wildman–Crippen LogP) is 12.2. The summed E-state index contributed by atoms with van der Waals surface area (Å²) in [6.45, 7) is 2.41. The van der Waals surface area contributed by atoms with Gasteiger partial charge in [-0.15, -0.1) is 11.8 Å². The summed E-state index contributed by atoms with van der Waals surface area (Å²) in [6, 6.07) is 0. The van der Waals surface area contributed by atoms with Gasteiger partial charge in [0.25, 0.3) is 0 Å². The van der Waals surface area contributed by atoms with Gasteiger partial charge in [0.1, 0.15) is 0 Å². The van der Waals surface area contributed by atoms with Crippen LogP contribution in [0.1, 0.15) is 155 Å². The molecular weight excluding hydrogens is 448 g/mol. The first kappa shape index (κ1) is 34.2. The third-order valence-electron chi connectivity index (χ3n) is 6.89. The van der Waals surface area contributed by atoms with E-state index in [1.807, 2.05) is 11.8 Å². The standard InChI is InChI=1S/C32H61S2/c1-32(29-25-21-17-13-9-7-11-15-19-23-27-31-34-3)28-24-20-16-12-8-5-4-6-10-14-18-22-26-30-33-2/h24,27-28,32H,4-23,25-26,29-30H2,1-3H3. The van der Waals surface area contributed by atoms with Crippen molar-refractivity contribution in [2.24, 2.45) is 5.92 Å². The van der Waals surface area contributed by atoms with Crippen molar-refractivity contribution in [3.63, 3.8) is 0 Å². The Kier molecular flexibility index (Phi) is 31.4. The minimum Gasteiger partial charge on any atom is -0.165 e. The lowest BCUT2D eigenvalue weighted by molar-refractivity contribution is 0.526. The highest BCUT2D eigenvalue weighted by molar-refractivity contribution is 8.00. The molecule has 0 bridgehead atoms. The molecule has 0 aromatic carbocycles. The van der Waals surface area contributed by atoms with Crippen LogP contribution in [-0.2, 0) is 0 Å². The largest absolute Gasteiger partial charge is 0.165 e. The van der Waals surface area contributed by atoms with Gasteiger partial charge in [-0.25, -0.2) is 0 Å². The molecule has 0 aliphatic rings. The minimum atomic E-state index is 0.776. The van der Waals surface area contributed by atoms with Crippen molar-refractivity contribution in [1.29, 1.82) is 0 Å². The number of unbranched alkanes of at least 4 members (excludes halogenated alkanes) is 20. The molecule has 0 aliphatic carbocycles. The molecule has 201 valence electrons. The second-order valence-electron chi connectivity index (χ2n) is 10.4. The lowest BCUT2D eigenvalue weighted by Gasteiger charge is -2.06.